The van der Waals surface area contributed by atoms with Gasteiger partial charge in [0.2, 0.25) is 11.8 Å². The van der Waals surface area contributed by atoms with Gasteiger partial charge in [-0.15, -0.1) is 0 Å². The van der Waals surface area contributed by atoms with Gasteiger partial charge in [-0.25, -0.2) is 0 Å². The molecule has 2 saturated heterocycles. The van der Waals surface area contributed by atoms with Crippen molar-refractivity contribution in [2.75, 3.05) is 39.8 Å². The van der Waals surface area contributed by atoms with Gasteiger partial charge in [0.1, 0.15) is 6.29 Å². The average Bonchev–Trinajstić information content (AvgIpc) is 3.27. The Hall–Kier alpha value is -1.22. The van der Waals surface area contributed by atoms with Crippen LogP contribution in [0.5, 0.6) is 0 Å². The van der Waals surface area contributed by atoms with Crippen molar-refractivity contribution in [3.8, 4) is 0 Å². The van der Waals surface area contributed by atoms with E-state index in [-0.39, 0.29) is 24.0 Å². The molecule has 2 aliphatic heterocycles. The van der Waals surface area contributed by atoms with E-state index in [1.54, 1.807) is 0 Å². The van der Waals surface area contributed by atoms with Crippen LogP contribution in [0.1, 0.15) is 70.6 Å². The van der Waals surface area contributed by atoms with Gasteiger partial charge in [-0.1, -0.05) is 0 Å². The predicted octanol–water partition coefficient (Wildman–Crippen LogP) is 1.56. The number of carbonyl (C=O) groups excluding carboxylic acids is 2. The molecule has 0 unspecified atom stereocenters. The molecule has 2 heterocycles. The predicted molar refractivity (Wildman–Crippen MR) is 128 cm³/mol. The third-order valence-electron chi connectivity index (χ3n) is 8.46. The van der Waals surface area contributed by atoms with Crippen molar-refractivity contribution in [2.24, 2.45) is 17.8 Å². The largest absolute Gasteiger partial charge is 0.381 e. The van der Waals surface area contributed by atoms with Gasteiger partial charge in [0.05, 0.1) is 6.10 Å². The molecule has 4 fully saturated rings. The fourth-order valence-electron chi connectivity index (χ4n) is 6.25. The molecule has 8 nitrogen and oxygen atoms in total. The monoisotopic (exact) mass is 463 g/mol. The van der Waals surface area contributed by atoms with Crippen LogP contribution in [-0.4, -0.2) is 75.0 Å². The highest BCUT2D eigenvalue weighted by atomic mass is 16.5. The molecule has 188 valence electrons. The maximum absolute atomic E-state index is 12.5. The Morgan fingerprint density at radius 1 is 1.03 bits per heavy atom. The minimum absolute atomic E-state index is 0.135. The van der Waals surface area contributed by atoms with Crippen molar-refractivity contribution < 1.29 is 14.3 Å². The van der Waals surface area contributed by atoms with E-state index in [0.717, 1.165) is 70.6 Å². The molecule has 0 radical (unpaired) electrons. The highest BCUT2D eigenvalue weighted by Gasteiger charge is 2.32. The average molecular weight is 464 g/mol. The molecule has 2 aliphatic carbocycles. The number of nitrogens with one attached hydrogen (secondary N) is 4. The number of carbonyl (C=O) groups is 2. The number of amides is 2. The van der Waals surface area contributed by atoms with Gasteiger partial charge < -0.3 is 15.0 Å². The van der Waals surface area contributed by atoms with Crippen LogP contribution in [0.3, 0.4) is 0 Å². The molecule has 8 heteroatoms. The third-order valence-corrected chi connectivity index (χ3v) is 8.46. The molecule has 0 bridgehead atoms. The summed E-state index contributed by atoms with van der Waals surface area (Å²) < 4.78 is 5.52. The van der Waals surface area contributed by atoms with Crippen molar-refractivity contribution in [3.63, 3.8) is 0 Å². The van der Waals surface area contributed by atoms with Crippen LogP contribution in [0, 0.1) is 17.8 Å². The Kier molecular flexibility index (Phi) is 9.41. The van der Waals surface area contributed by atoms with E-state index in [2.05, 4.69) is 21.3 Å². The fourth-order valence-corrected chi connectivity index (χ4v) is 6.25. The number of ether oxygens (including phenoxy) is 1. The third kappa shape index (κ3) is 7.13. The maximum Gasteiger partial charge on any atom is 0.223 e. The second kappa shape index (κ2) is 12.5. The number of hydrogen-bond acceptors (Lipinski definition) is 6. The van der Waals surface area contributed by atoms with Gasteiger partial charge in [-0.3, -0.25) is 25.5 Å². The summed E-state index contributed by atoms with van der Waals surface area (Å²) in [6.45, 7) is 4.48. The topological polar surface area (TPSA) is 94.7 Å². The molecule has 2 saturated carbocycles. The van der Waals surface area contributed by atoms with Crippen molar-refractivity contribution in [2.45, 2.75) is 89.1 Å². The van der Waals surface area contributed by atoms with Crippen molar-refractivity contribution >= 4 is 11.8 Å². The molecule has 0 aromatic heterocycles. The quantitative estimate of drug-likeness (QED) is 0.388. The van der Waals surface area contributed by atoms with E-state index in [1.165, 1.54) is 25.7 Å². The molecule has 4 rings (SSSR count). The van der Waals surface area contributed by atoms with Crippen LogP contribution in [0.15, 0.2) is 0 Å². The van der Waals surface area contributed by atoms with E-state index >= 15 is 0 Å². The Labute approximate surface area is 199 Å². The molecular formula is C25H45N5O3. The summed E-state index contributed by atoms with van der Waals surface area (Å²) in [5.74, 6) is 2.11. The first-order valence-electron chi connectivity index (χ1n) is 13.4. The van der Waals surface area contributed by atoms with Gasteiger partial charge in [0.15, 0.2) is 0 Å². The lowest BCUT2D eigenvalue weighted by Crippen LogP contribution is -2.63. The summed E-state index contributed by atoms with van der Waals surface area (Å²) >= 11 is 0. The first kappa shape index (κ1) is 24.9. The second-order valence-electron chi connectivity index (χ2n) is 10.6. The number of nitrogens with zero attached hydrogens (tertiary/aromatic N) is 1. The standard InChI is InChI=1S/C25H45N5O3/c1-33-22-11-7-18(8-12-22)20-16-27-25(28-17-20)29-21-9-5-19(6-10-21)24(32)26-13-3-15-30-14-2-4-23(30)31/h18-22,25,27-29H,2-17H2,1H3,(H,26,32). The Morgan fingerprint density at radius 3 is 2.39 bits per heavy atom. The van der Waals surface area contributed by atoms with Gasteiger partial charge in [0.25, 0.3) is 0 Å². The molecule has 0 spiro atoms. The van der Waals surface area contributed by atoms with Crippen molar-refractivity contribution in [1.82, 2.24) is 26.2 Å². The fraction of sp³-hybridized carbons (Fsp3) is 0.920. The number of rotatable bonds is 9. The smallest absolute Gasteiger partial charge is 0.223 e. The van der Waals surface area contributed by atoms with Crippen LogP contribution < -0.4 is 21.3 Å². The van der Waals surface area contributed by atoms with Crippen LogP contribution in [-0.2, 0) is 14.3 Å². The summed E-state index contributed by atoms with van der Waals surface area (Å²) in [5.41, 5.74) is 0. The van der Waals surface area contributed by atoms with Crippen LogP contribution in [0.4, 0.5) is 0 Å². The zero-order valence-corrected chi connectivity index (χ0v) is 20.4. The lowest BCUT2D eigenvalue weighted by atomic mass is 9.78. The van der Waals surface area contributed by atoms with E-state index in [0.29, 0.717) is 31.0 Å². The summed E-state index contributed by atoms with van der Waals surface area (Å²) in [7, 11) is 1.84. The first-order chi connectivity index (χ1) is 16.1. The number of likely N-dealkylation sites (tertiary alicyclic amines) is 1. The highest BCUT2D eigenvalue weighted by Crippen LogP contribution is 2.32. The summed E-state index contributed by atoms with van der Waals surface area (Å²) in [6, 6.07) is 0.467. The van der Waals surface area contributed by atoms with Crippen molar-refractivity contribution in [1.29, 1.82) is 0 Å². The van der Waals surface area contributed by atoms with Gasteiger partial charge in [-0.2, -0.15) is 0 Å². The molecule has 0 atom stereocenters. The first-order valence-corrected chi connectivity index (χ1v) is 13.4. The Morgan fingerprint density at radius 2 is 1.76 bits per heavy atom. The summed E-state index contributed by atoms with van der Waals surface area (Å²) in [4.78, 5) is 26.1. The van der Waals surface area contributed by atoms with E-state index in [9.17, 15) is 9.59 Å². The summed E-state index contributed by atoms with van der Waals surface area (Å²) in [6.07, 6.45) is 12.1. The van der Waals surface area contributed by atoms with Crippen LogP contribution in [0.2, 0.25) is 0 Å². The van der Waals surface area contributed by atoms with E-state index < -0.39 is 0 Å². The normalized spacial score (nSPS) is 35.5. The Balaban J connectivity index is 1.06. The molecule has 0 aromatic carbocycles. The lowest BCUT2D eigenvalue weighted by Gasteiger charge is -2.40. The zero-order chi connectivity index (χ0) is 23.0. The van der Waals surface area contributed by atoms with E-state index in [1.807, 2.05) is 12.0 Å². The van der Waals surface area contributed by atoms with Gasteiger partial charge in [-0.05, 0) is 76.0 Å². The number of hydrogen-bond donors (Lipinski definition) is 4. The number of methoxy groups -OCH3 is 1. The molecule has 0 aromatic rings. The Bertz CT molecular complexity index is 624. The van der Waals surface area contributed by atoms with Gasteiger partial charge >= 0.3 is 0 Å². The van der Waals surface area contributed by atoms with Crippen molar-refractivity contribution in [3.05, 3.63) is 0 Å². The van der Waals surface area contributed by atoms with Crippen LogP contribution >= 0.6 is 0 Å². The van der Waals surface area contributed by atoms with Gasteiger partial charge in [0, 0.05) is 58.2 Å². The maximum atomic E-state index is 12.5. The molecule has 33 heavy (non-hydrogen) atoms. The SMILES string of the molecule is COC1CCC(C2CNC(NC3CCC(C(=O)NCCCN4CCCC4=O)CC3)NC2)CC1. The highest BCUT2D eigenvalue weighted by molar-refractivity contribution is 5.79. The lowest BCUT2D eigenvalue weighted by molar-refractivity contribution is -0.127. The second-order valence-corrected chi connectivity index (χ2v) is 10.6. The molecule has 2 amide bonds. The summed E-state index contributed by atoms with van der Waals surface area (Å²) in [5, 5.41) is 14.2. The zero-order valence-electron chi connectivity index (χ0n) is 20.4. The molecule has 4 aliphatic rings. The van der Waals surface area contributed by atoms with E-state index in [4.69, 9.17) is 4.74 Å². The van der Waals surface area contributed by atoms with Crippen LogP contribution in [0.25, 0.3) is 0 Å². The minimum atomic E-state index is 0.135. The molecule has 4 N–H and O–H groups in total. The molecular weight excluding hydrogens is 418 g/mol. The minimum Gasteiger partial charge on any atom is -0.381 e.